The molecule has 0 heterocycles. The van der Waals surface area contributed by atoms with Crippen molar-refractivity contribution in [3.63, 3.8) is 0 Å². The first-order valence-electron chi connectivity index (χ1n) is 18.4. The van der Waals surface area contributed by atoms with Gasteiger partial charge in [-0.15, -0.1) is 0 Å². The van der Waals surface area contributed by atoms with E-state index in [1.54, 1.807) is 0 Å². The maximum Gasteiger partial charge on any atom is 0.469 e. The summed E-state index contributed by atoms with van der Waals surface area (Å²) < 4.78 is 26.2. The van der Waals surface area contributed by atoms with Crippen LogP contribution in [0.1, 0.15) is 149 Å². The molecule has 10 heteroatoms. The SMILES string of the molecule is CCCCC[C@H](O)/C=C/C=C\C/C=C\C/C=C\CCCC(=O)O[C@H](COC(=O)CCCCCCCCCCCC(C)C)COP(=O)(O)O. The summed E-state index contributed by atoms with van der Waals surface area (Å²) in [6.07, 6.45) is 33.2. The maximum absolute atomic E-state index is 12.3. The van der Waals surface area contributed by atoms with Gasteiger partial charge in [-0.2, -0.15) is 0 Å². The lowest BCUT2D eigenvalue weighted by Gasteiger charge is -2.18. The highest BCUT2D eigenvalue weighted by molar-refractivity contribution is 7.46. The Bertz CT molecular complexity index is 952. The fourth-order valence-electron chi connectivity index (χ4n) is 4.84. The van der Waals surface area contributed by atoms with E-state index in [1.807, 2.05) is 36.5 Å². The van der Waals surface area contributed by atoms with Gasteiger partial charge in [0.25, 0.3) is 0 Å². The van der Waals surface area contributed by atoms with Crippen LogP contribution in [0.25, 0.3) is 0 Å². The molecule has 0 unspecified atom stereocenters. The number of phosphoric ester groups is 1. The number of ether oxygens (including phenoxy) is 2. The minimum atomic E-state index is -4.77. The number of hydrogen-bond acceptors (Lipinski definition) is 7. The summed E-state index contributed by atoms with van der Waals surface area (Å²) in [6, 6.07) is 0. The molecule has 0 aliphatic carbocycles. The van der Waals surface area contributed by atoms with Crippen molar-refractivity contribution in [2.24, 2.45) is 5.92 Å². The van der Waals surface area contributed by atoms with E-state index >= 15 is 0 Å². The summed E-state index contributed by atoms with van der Waals surface area (Å²) in [4.78, 5) is 42.6. The number of hydrogen-bond donors (Lipinski definition) is 3. The Morgan fingerprint density at radius 1 is 0.688 bits per heavy atom. The van der Waals surface area contributed by atoms with Crippen LogP contribution in [0.2, 0.25) is 0 Å². The molecule has 2 atom stereocenters. The first-order chi connectivity index (χ1) is 23.0. The molecule has 0 spiro atoms. The quantitative estimate of drug-likeness (QED) is 0.0206. The summed E-state index contributed by atoms with van der Waals surface area (Å²) in [7, 11) is -4.77. The van der Waals surface area contributed by atoms with Gasteiger partial charge in [-0.1, -0.05) is 146 Å². The van der Waals surface area contributed by atoms with Gasteiger partial charge in [-0.3, -0.25) is 14.1 Å². The van der Waals surface area contributed by atoms with Gasteiger partial charge in [0.1, 0.15) is 6.61 Å². The zero-order valence-electron chi connectivity index (χ0n) is 30.1. The Kier molecular flexibility index (Phi) is 30.8. The zero-order chi connectivity index (χ0) is 35.7. The molecule has 0 bridgehead atoms. The van der Waals surface area contributed by atoms with Crippen LogP contribution in [-0.2, 0) is 28.2 Å². The first kappa shape index (κ1) is 46.0. The van der Waals surface area contributed by atoms with Gasteiger partial charge in [0.15, 0.2) is 6.10 Å². The molecule has 3 N–H and O–H groups in total. The Morgan fingerprint density at radius 2 is 1.27 bits per heavy atom. The summed E-state index contributed by atoms with van der Waals surface area (Å²) in [6.45, 7) is 5.78. The van der Waals surface area contributed by atoms with Gasteiger partial charge in [-0.25, -0.2) is 4.57 Å². The molecule has 0 aromatic carbocycles. The van der Waals surface area contributed by atoms with Crippen molar-refractivity contribution in [1.82, 2.24) is 0 Å². The van der Waals surface area contributed by atoms with Gasteiger partial charge >= 0.3 is 19.8 Å². The van der Waals surface area contributed by atoms with Crippen molar-refractivity contribution in [2.75, 3.05) is 13.2 Å². The molecule has 9 nitrogen and oxygen atoms in total. The monoisotopic (exact) mass is 698 g/mol. The maximum atomic E-state index is 12.3. The van der Waals surface area contributed by atoms with E-state index in [4.69, 9.17) is 19.3 Å². The summed E-state index contributed by atoms with van der Waals surface area (Å²) in [5.41, 5.74) is 0. The Labute approximate surface area is 291 Å². The number of carbonyl (C=O) groups excluding carboxylic acids is 2. The summed E-state index contributed by atoms with van der Waals surface area (Å²) >= 11 is 0. The second-order valence-electron chi connectivity index (χ2n) is 12.9. The van der Waals surface area contributed by atoms with Crippen LogP contribution in [-0.4, -0.2) is 52.3 Å². The largest absolute Gasteiger partial charge is 0.469 e. The second kappa shape index (κ2) is 32.2. The van der Waals surface area contributed by atoms with Crippen molar-refractivity contribution in [2.45, 2.75) is 161 Å². The van der Waals surface area contributed by atoms with E-state index in [1.165, 1.54) is 38.5 Å². The van der Waals surface area contributed by atoms with Gasteiger partial charge in [0.05, 0.1) is 12.7 Å². The zero-order valence-corrected chi connectivity index (χ0v) is 31.0. The van der Waals surface area contributed by atoms with Gasteiger partial charge in [0.2, 0.25) is 0 Å². The van der Waals surface area contributed by atoms with Crippen molar-refractivity contribution in [3.05, 3.63) is 48.6 Å². The number of allylic oxidation sites excluding steroid dienone is 7. The van der Waals surface area contributed by atoms with E-state index in [0.29, 0.717) is 19.3 Å². The van der Waals surface area contributed by atoms with E-state index < -0.39 is 32.5 Å². The van der Waals surface area contributed by atoms with Gasteiger partial charge < -0.3 is 24.4 Å². The fourth-order valence-corrected chi connectivity index (χ4v) is 5.20. The fraction of sp³-hybridized carbons (Fsp3) is 0.737. The van der Waals surface area contributed by atoms with E-state index in [9.17, 15) is 19.3 Å². The minimum absolute atomic E-state index is 0.115. The number of aliphatic hydroxyl groups is 1. The highest BCUT2D eigenvalue weighted by atomic mass is 31.2. The molecule has 0 fully saturated rings. The van der Waals surface area contributed by atoms with E-state index in [2.05, 4.69) is 37.4 Å². The number of unbranched alkanes of at least 4 members (excludes halogenated alkanes) is 11. The minimum Gasteiger partial charge on any atom is -0.462 e. The molecule has 0 aromatic heterocycles. The highest BCUT2D eigenvalue weighted by Gasteiger charge is 2.22. The van der Waals surface area contributed by atoms with Crippen LogP contribution in [0, 0.1) is 5.92 Å². The molecule has 0 aromatic rings. The van der Waals surface area contributed by atoms with E-state index in [-0.39, 0.29) is 25.6 Å². The Hall–Kier alpha value is -2.03. The predicted octanol–water partition coefficient (Wildman–Crippen LogP) is 9.61. The molecule has 0 radical (unpaired) electrons. The molecule has 278 valence electrons. The van der Waals surface area contributed by atoms with Gasteiger partial charge in [0, 0.05) is 12.8 Å². The third-order valence-electron chi connectivity index (χ3n) is 7.63. The second-order valence-corrected chi connectivity index (χ2v) is 14.1. The number of rotatable bonds is 32. The molecular formula is C38H67O9P. The van der Waals surface area contributed by atoms with Gasteiger partial charge in [-0.05, 0) is 44.4 Å². The number of esters is 2. The van der Waals surface area contributed by atoms with Crippen LogP contribution in [0.15, 0.2) is 48.6 Å². The summed E-state index contributed by atoms with van der Waals surface area (Å²) in [5.74, 6) is -0.200. The lowest BCUT2D eigenvalue weighted by atomic mass is 10.0. The molecule has 0 amide bonds. The summed E-state index contributed by atoms with van der Waals surface area (Å²) in [5, 5.41) is 9.85. The lowest BCUT2D eigenvalue weighted by molar-refractivity contribution is -0.161. The molecule has 0 aliphatic heterocycles. The molecule has 0 saturated heterocycles. The smallest absolute Gasteiger partial charge is 0.462 e. The molecule has 0 aliphatic rings. The number of aliphatic hydroxyl groups excluding tert-OH is 1. The van der Waals surface area contributed by atoms with Crippen LogP contribution in [0.4, 0.5) is 0 Å². The standard InChI is InChI=1S/C38H67O9P/c1-4-5-22-28-35(39)29-24-19-15-11-7-6-8-12-17-21-26-31-38(41)47-36(33-46-48(42,43)44)32-45-37(40)30-25-20-16-13-9-10-14-18-23-27-34(2)3/h6-7,12,15,17,19,24,29,34-36,39H,4-5,8-11,13-14,16,18,20-23,25-28,30-33H2,1-3H3,(H2,42,43,44)/b7-6-,17-12-,19-15-,29-24+/t35-,36+/m0/s1. The highest BCUT2D eigenvalue weighted by Crippen LogP contribution is 2.36. The average Bonchev–Trinajstić information content (AvgIpc) is 3.02. The Morgan fingerprint density at radius 3 is 1.92 bits per heavy atom. The predicted molar refractivity (Wildman–Crippen MR) is 194 cm³/mol. The Balaban J connectivity index is 4.15. The van der Waals surface area contributed by atoms with Crippen molar-refractivity contribution < 1.29 is 43.0 Å². The van der Waals surface area contributed by atoms with Crippen LogP contribution in [0.3, 0.4) is 0 Å². The topological polar surface area (TPSA) is 140 Å². The number of carbonyl (C=O) groups is 2. The van der Waals surface area contributed by atoms with Crippen LogP contribution in [0.5, 0.6) is 0 Å². The molecular weight excluding hydrogens is 631 g/mol. The average molecular weight is 699 g/mol. The molecule has 0 saturated carbocycles. The molecule has 48 heavy (non-hydrogen) atoms. The van der Waals surface area contributed by atoms with Crippen molar-refractivity contribution in [1.29, 1.82) is 0 Å². The van der Waals surface area contributed by atoms with Crippen LogP contribution < -0.4 is 0 Å². The van der Waals surface area contributed by atoms with Crippen LogP contribution >= 0.6 is 7.82 Å². The molecule has 0 rings (SSSR count). The third kappa shape index (κ3) is 35.3. The number of phosphoric acid groups is 1. The normalized spacial score (nSPS) is 13.8. The van der Waals surface area contributed by atoms with E-state index in [0.717, 1.165) is 63.7 Å². The van der Waals surface area contributed by atoms with Crippen molar-refractivity contribution in [3.8, 4) is 0 Å². The third-order valence-corrected chi connectivity index (χ3v) is 8.12. The first-order valence-corrected chi connectivity index (χ1v) is 19.9. The van der Waals surface area contributed by atoms with Crippen molar-refractivity contribution >= 4 is 19.8 Å². The lowest BCUT2D eigenvalue weighted by Crippen LogP contribution is -2.29.